The first-order valence-electron chi connectivity index (χ1n) is 11.2. The highest BCUT2D eigenvalue weighted by Crippen LogP contribution is 2.30. The summed E-state index contributed by atoms with van der Waals surface area (Å²) in [5.74, 6) is 0.722. The molecule has 2 aromatic rings. The van der Waals surface area contributed by atoms with Crippen LogP contribution in [0.1, 0.15) is 73.4 Å². The number of nitrogens with zero attached hydrogens (tertiary/aromatic N) is 1. The van der Waals surface area contributed by atoms with Crippen LogP contribution in [0, 0.1) is 5.92 Å². The van der Waals surface area contributed by atoms with Crippen LogP contribution < -0.4 is 9.62 Å². The average molecular weight is 443 g/mol. The molecule has 1 saturated carbocycles. The van der Waals surface area contributed by atoms with Crippen molar-refractivity contribution in [1.29, 1.82) is 0 Å². The zero-order valence-corrected chi connectivity index (χ0v) is 19.6. The molecule has 0 saturated heterocycles. The predicted molar refractivity (Wildman–Crippen MR) is 127 cm³/mol. The molecule has 0 radical (unpaired) electrons. The minimum absolute atomic E-state index is 0.0674. The van der Waals surface area contributed by atoms with Crippen molar-refractivity contribution in [3.63, 3.8) is 0 Å². The summed E-state index contributed by atoms with van der Waals surface area (Å²) < 4.78 is 26.6. The third kappa shape index (κ3) is 6.33. The number of amides is 1. The Hall–Kier alpha value is -2.34. The van der Waals surface area contributed by atoms with Crippen molar-refractivity contribution in [3.05, 3.63) is 65.2 Å². The summed E-state index contributed by atoms with van der Waals surface area (Å²) in [6, 6.07) is 14.8. The number of benzene rings is 2. The van der Waals surface area contributed by atoms with Crippen LogP contribution in [0.3, 0.4) is 0 Å². The second kappa shape index (κ2) is 10.3. The van der Waals surface area contributed by atoms with E-state index in [-0.39, 0.29) is 18.4 Å². The first-order valence-corrected chi connectivity index (χ1v) is 13.0. The van der Waals surface area contributed by atoms with Gasteiger partial charge in [-0.05, 0) is 54.0 Å². The number of rotatable bonds is 8. The second-order valence-corrected chi connectivity index (χ2v) is 10.8. The van der Waals surface area contributed by atoms with Crippen molar-refractivity contribution in [3.8, 4) is 0 Å². The van der Waals surface area contributed by atoms with E-state index >= 15 is 0 Å². The molecule has 1 fully saturated rings. The van der Waals surface area contributed by atoms with Gasteiger partial charge in [0.25, 0.3) is 5.91 Å². The van der Waals surface area contributed by atoms with Crippen LogP contribution in [0.2, 0.25) is 0 Å². The highest BCUT2D eigenvalue weighted by molar-refractivity contribution is 7.92. The first-order chi connectivity index (χ1) is 14.8. The summed E-state index contributed by atoms with van der Waals surface area (Å²) in [7, 11) is -3.47. The van der Waals surface area contributed by atoms with Crippen molar-refractivity contribution in [2.24, 2.45) is 5.92 Å². The molecule has 31 heavy (non-hydrogen) atoms. The third-order valence-corrected chi connectivity index (χ3v) is 7.17. The molecule has 1 aliphatic carbocycles. The maximum Gasteiger partial charge on any atom is 0.251 e. The van der Waals surface area contributed by atoms with Crippen LogP contribution >= 0.6 is 0 Å². The highest BCUT2D eigenvalue weighted by atomic mass is 32.2. The summed E-state index contributed by atoms with van der Waals surface area (Å²) in [4.78, 5) is 12.5. The van der Waals surface area contributed by atoms with Gasteiger partial charge in [0.1, 0.15) is 0 Å². The number of hydrogen-bond donors (Lipinski definition) is 1. The minimum atomic E-state index is -3.47. The van der Waals surface area contributed by atoms with Crippen LogP contribution in [0.4, 0.5) is 5.69 Å². The molecular weight excluding hydrogens is 408 g/mol. The molecule has 0 heterocycles. The SMILES string of the molecule is CC(C)c1ccccc1N(Cc1ccc(C(=O)NCC2CCCCC2)cc1)S(C)(=O)=O. The zero-order chi connectivity index (χ0) is 22.4. The van der Waals surface area contributed by atoms with Gasteiger partial charge in [-0.2, -0.15) is 0 Å². The molecule has 6 heteroatoms. The van der Waals surface area contributed by atoms with Gasteiger partial charge in [0.15, 0.2) is 0 Å². The van der Waals surface area contributed by atoms with Gasteiger partial charge < -0.3 is 5.32 Å². The number of anilines is 1. The predicted octanol–water partition coefficient (Wildman–Crippen LogP) is 5.09. The largest absolute Gasteiger partial charge is 0.352 e. The fourth-order valence-corrected chi connectivity index (χ4v) is 5.15. The molecular formula is C25H34N2O3S. The highest BCUT2D eigenvalue weighted by Gasteiger charge is 2.22. The van der Waals surface area contributed by atoms with Crippen LogP contribution in [-0.2, 0) is 16.6 Å². The number of carbonyl (C=O) groups excluding carboxylic acids is 1. The van der Waals surface area contributed by atoms with Gasteiger partial charge in [0.2, 0.25) is 10.0 Å². The monoisotopic (exact) mass is 442 g/mol. The van der Waals surface area contributed by atoms with Gasteiger partial charge in [-0.3, -0.25) is 9.10 Å². The Morgan fingerprint density at radius 2 is 1.68 bits per heavy atom. The fourth-order valence-electron chi connectivity index (χ4n) is 4.24. The zero-order valence-electron chi connectivity index (χ0n) is 18.8. The third-order valence-electron chi connectivity index (χ3n) is 6.05. The van der Waals surface area contributed by atoms with E-state index in [1.807, 2.05) is 36.4 Å². The van der Waals surface area contributed by atoms with E-state index in [1.165, 1.54) is 42.7 Å². The molecule has 2 aromatic carbocycles. The lowest BCUT2D eigenvalue weighted by atomic mass is 9.89. The summed E-state index contributed by atoms with van der Waals surface area (Å²) in [5.41, 5.74) is 3.14. The first kappa shape index (κ1) is 23.3. The Morgan fingerprint density at radius 1 is 1.03 bits per heavy atom. The molecule has 5 nitrogen and oxygen atoms in total. The number of sulfonamides is 1. The Bertz CT molecular complexity index is 978. The second-order valence-electron chi connectivity index (χ2n) is 8.89. The van der Waals surface area contributed by atoms with Crippen LogP contribution in [-0.4, -0.2) is 27.1 Å². The number of hydrogen-bond acceptors (Lipinski definition) is 3. The standard InChI is InChI=1S/C25H34N2O3S/c1-19(2)23-11-7-8-12-24(23)27(31(3,29)30)18-21-13-15-22(16-14-21)25(28)26-17-20-9-5-4-6-10-20/h7-8,11-16,19-20H,4-6,9-10,17-18H2,1-3H3,(H,26,28). The van der Waals surface area contributed by atoms with Gasteiger partial charge in [-0.25, -0.2) is 8.42 Å². The van der Waals surface area contributed by atoms with E-state index in [0.717, 1.165) is 17.7 Å². The lowest BCUT2D eigenvalue weighted by Crippen LogP contribution is -2.31. The summed E-state index contributed by atoms with van der Waals surface area (Å²) in [6.45, 7) is 5.07. The number of nitrogens with one attached hydrogen (secondary N) is 1. The van der Waals surface area contributed by atoms with Crippen molar-refractivity contribution >= 4 is 21.6 Å². The van der Waals surface area contributed by atoms with Crippen molar-refractivity contribution in [2.45, 2.75) is 58.4 Å². The van der Waals surface area contributed by atoms with Crippen molar-refractivity contribution in [1.82, 2.24) is 5.32 Å². The van der Waals surface area contributed by atoms with Gasteiger partial charge in [-0.1, -0.05) is 63.4 Å². The molecule has 0 aromatic heterocycles. The van der Waals surface area contributed by atoms with E-state index in [4.69, 9.17) is 0 Å². The van der Waals surface area contributed by atoms with E-state index in [2.05, 4.69) is 19.2 Å². The Morgan fingerprint density at radius 3 is 2.29 bits per heavy atom. The molecule has 0 bridgehead atoms. The molecule has 0 spiro atoms. The summed E-state index contributed by atoms with van der Waals surface area (Å²) >= 11 is 0. The van der Waals surface area contributed by atoms with Gasteiger partial charge in [-0.15, -0.1) is 0 Å². The molecule has 1 aliphatic rings. The van der Waals surface area contributed by atoms with E-state index < -0.39 is 10.0 Å². The van der Waals surface area contributed by atoms with E-state index in [0.29, 0.717) is 17.2 Å². The van der Waals surface area contributed by atoms with E-state index in [9.17, 15) is 13.2 Å². The fraction of sp³-hybridized carbons (Fsp3) is 0.480. The lowest BCUT2D eigenvalue weighted by Gasteiger charge is -2.26. The quantitative estimate of drug-likeness (QED) is 0.619. The molecule has 0 aliphatic heterocycles. The van der Waals surface area contributed by atoms with Gasteiger partial charge in [0.05, 0.1) is 18.5 Å². The van der Waals surface area contributed by atoms with Crippen LogP contribution in [0.25, 0.3) is 0 Å². The van der Waals surface area contributed by atoms with E-state index in [1.54, 1.807) is 12.1 Å². The molecule has 1 N–H and O–H groups in total. The molecule has 3 rings (SSSR count). The maximum atomic E-state index is 12.6. The number of para-hydroxylation sites is 1. The van der Waals surface area contributed by atoms with Crippen molar-refractivity contribution < 1.29 is 13.2 Å². The Balaban J connectivity index is 1.71. The molecule has 168 valence electrons. The molecule has 0 atom stereocenters. The van der Waals surface area contributed by atoms with Gasteiger partial charge >= 0.3 is 0 Å². The Labute approximate surface area is 186 Å². The lowest BCUT2D eigenvalue weighted by molar-refractivity contribution is 0.0943. The summed E-state index contributed by atoms with van der Waals surface area (Å²) in [6.07, 6.45) is 7.43. The van der Waals surface area contributed by atoms with Crippen LogP contribution in [0.5, 0.6) is 0 Å². The molecule has 1 amide bonds. The van der Waals surface area contributed by atoms with Crippen molar-refractivity contribution in [2.75, 3.05) is 17.1 Å². The average Bonchev–Trinajstić information content (AvgIpc) is 2.76. The van der Waals surface area contributed by atoms with Gasteiger partial charge in [0, 0.05) is 12.1 Å². The maximum absolute atomic E-state index is 12.6. The minimum Gasteiger partial charge on any atom is -0.352 e. The van der Waals surface area contributed by atoms with Crippen LogP contribution in [0.15, 0.2) is 48.5 Å². The smallest absolute Gasteiger partial charge is 0.251 e. The topological polar surface area (TPSA) is 66.5 Å². The normalized spacial score (nSPS) is 15.1. The summed E-state index contributed by atoms with van der Waals surface area (Å²) in [5, 5.41) is 3.05. The number of carbonyl (C=O) groups is 1. The molecule has 0 unspecified atom stereocenters. The Kier molecular flexibility index (Phi) is 7.76.